The Labute approximate surface area is 66.2 Å². The minimum Gasteiger partial charge on any atom is -0.478 e. The SMILES string of the molecule is C#Cc1ccc(OCC)nc1. The molecular formula is C9H9NO. The Morgan fingerprint density at radius 1 is 1.64 bits per heavy atom. The zero-order valence-corrected chi connectivity index (χ0v) is 6.37. The van der Waals surface area contributed by atoms with E-state index < -0.39 is 0 Å². The molecule has 2 nitrogen and oxygen atoms in total. The van der Waals surface area contributed by atoms with Crippen LogP contribution in [0.5, 0.6) is 5.88 Å². The summed E-state index contributed by atoms with van der Waals surface area (Å²) in [5.41, 5.74) is 0.772. The van der Waals surface area contributed by atoms with Crippen LogP contribution in [0.1, 0.15) is 12.5 Å². The van der Waals surface area contributed by atoms with Crippen molar-refractivity contribution in [3.8, 4) is 18.2 Å². The van der Waals surface area contributed by atoms with E-state index in [0.717, 1.165) is 5.56 Å². The molecule has 0 amide bonds. The second-order valence-electron chi connectivity index (χ2n) is 1.96. The van der Waals surface area contributed by atoms with Gasteiger partial charge in [-0.1, -0.05) is 5.92 Å². The van der Waals surface area contributed by atoms with Crippen molar-refractivity contribution in [1.82, 2.24) is 4.98 Å². The van der Waals surface area contributed by atoms with Gasteiger partial charge in [0.25, 0.3) is 0 Å². The summed E-state index contributed by atoms with van der Waals surface area (Å²) in [7, 11) is 0. The molecule has 0 bridgehead atoms. The van der Waals surface area contributed by atoms with E-state index in [1.54, 1.807) is 18.3 Å². The van der Waals surface area contributed by atoms with Crippen LogP contribution in [-0.2, 0) is 0 Å². The first-order valence-corrected chi connectivity index (χ1v) is 3.42. The van der Waals surface area contributed by atoms with Gasteiger partial charge in [-0.05, 0) is 13.0 Å². The molecule has 2 heteroatoms. The lowest BCUT2D eigenvalue weighted by Crippen LogP contribution is -1.93. The highest BCUT2D eigenvalue weighted by molar-refractivity contribution is 5.31. The zero-order chi connectivity index (χ0) is 8.10. The molecule has 0 radical (unpaired) electrons. The topological polar surface area (TPSA) is 22.1 Å². The predicted molar refractivity (Wildman–Crippen MR) is 43.3 cm³/mol. The molecule has 1 rings (SSSR count). The van der Waals surface area contributed by atoms with Gasteiger partial charge in [0.2, 0.25) is 5.88 Å². The van der Waals surface area contributed by atoms with E-state index in [1.807, 2.05) is 6.92 Å². The summed E-state index contributed by atoms with van der Waals surface area (Å²) in [6.45, 7) is 2.54. The molecule has 1 aromatic rings. The van der Waals surface area contributed by atoms with E-state index in [-0.39, 0.29) is 0 Å². The summed E-state index contributed by atoms with van der Waals surface area (Å²) in [6, 6.07) is 3.57. The maximum Gasteiger partial charge on any atom is 0.213 e. The number of nitrogens with zero attached hydrogens (tertiary/aromatic N) is 1. The fourth-order valence-corrected chi connectivity index (χ4v) is 0.699. The first-order chi connectivity index (χ1) is 5.36. The Bertz CT molecular complexity index is 258. The number of ether oxygens (including phenoxy) is 1. The summed E-state index contributed by atoms with van der Waals surface area (Å²) >= 11 is 0. The molecule has 0 aliphatic rings. The lowest BCUT2D eigenvalue weighted by Gasteiger charge is -1.99. The highest BCUT2D eigenvalue weighted by Gasteiger charge is 1.91. The van der Waals surface area contributed by atoms with Crippen LogP contribution in [0.3, 0.4) is 0 Å². The Morgan fingerprint density at radius 3 is 2.91 bits per heavy atom. The smallest absolute Gasteiger partial charge is 0.213 e. The third-order valence-electron chi connectivity index (χ3n) is 1.20. The summed E-state index contributed by atoms with van der Waals surface area (Å²) in [6.07, 6.45) is 6.76. The van der Waals surface area contributed by atoms with Gasteiger partial charge in [-0.15, -0.1) is 6.42 Å². The Morgan fingerprint density at radius 2 is 2.45 bits per heavy atom. The quantitative estimate of drug-likeness (QED) is 0.591. The van der Waals surface area contributed by atoms with E-state index in [4.69, 9.17) is 11.2 Å². The molecule has 0 aromatic carbocycles. The maximum absolute atomic E-state index is 5.14. The first kappa shape index (κ1) is 7.62. The van der Waals surface area contributed by atoms with Gasteiger partial charge in [0.05, 0.1) is 6.61 Å². The molecule has 0 saturated carbocycles. The highest BCUT2D eigenvalue weighted by atomic mass is 16.5. The fourth-order valence-electron chi connectivity index (χ4n) is 0.699. The first-order valence-electron chi connectivity index (χ1n) is 3.42. The second kappa shape index (κ2) is 3.62. The van der Waals surface area contributed by atoms with Crippen LogP contribution in [-0.4, -0.2) is 11.6 Å². The second-order valence-corrected chi connectivity index (χ2v) is 1.96. The minimum atomic E-state index is 0.617. The summed E-state index contributed by atoms with van der Waals surface area (Å²) in [5.74, 6) is 3.10. The van der Waals surface area contributed by atoms with Crippen molar-refractivity contribution in [1.29, 1.82) is 0 Å². The summed E-state index contributed by atoms with van der Waals surface area (Å²) < 4.78 is 5.13. The number of aromatic nitrogens is 1. The molecule has 0 spiro atoms. The third kappa shape index (κ3) is 1.98. The average Bonchev–Trinajstić information content (AvgIpc) is 2.07. The lowest BCUT2D eigenvalue weighted by molar-refractivity contribution is 0.327. The van der Waals surface area contributed by atoms with Crippen molar-refractivity contribution in [2.75, 3.05) is 6.61 Å². The number of hydrogen-bond acceptors (Lipinski definition) is 2. The zero-order valence-electron chi connectivity index (χ0n) is 6.37. The molecule has 56 valence electrons. The molecule has 1 aromatic heterocycles. The van der Waals surface area contributed by atoms with Crippen molar-refractivity contribution in [2.45, 2.75) is 6.92 Å². The molecule has 0 unspecified atom stereocenters. The van der Waals surface area contributed by atoms with Crippen LogP contribution >= 0.6 is 0 Å². The van der Waals surface area contributed by atoms with Gasteiger partial charge in [0.15, 0.2) is 0 Å². The van der Waals surface area contributed by atoms with E-state index in [2.05, 4.69) is 10.9 Å². The fraction of sp³-hybridized carbons (Fsp3) is 0.222. The van der Waals surface area contributed by atoms with Crippen molar-refractivity contribution >= 4 is 0 Å². The largest absolute Gasteiger partial charge is 0.478 e. The van der Waals surface area contributed by atoms with Crippen LogP contribution in [0, 0.1) is 12.3 Å². The molecule has 0 saturated heterocycles. The van der Waals surface area contributed by atoms with E-state index >= 15 is 0 Å². The third-order valence-corrected chi connectivity index (χ3v) is 1.20. The van der Waals surface area contributed by atoms with Crippen LogP contribution in [0.25, 0.3) is 0 Å². The number of hydrogen-bond donors (Lipinski definition) is 0. The van der Waals surface area contributed by atoms with Gasteiger partial charge in [0, 0.05) is 17.8 Å². The van der Waals surface area contributed by atoms with Gasteiger partial charge in [-0.2, -0.15) is 0 Å². The molecular weight excluding hydrogens is 138 g/mol. The highest BCUT2D eigenvalue weighted by Crippen LogP contribution is 2.05. The Kier molecular flexibility index (Phi) is 2.51. The molecule has 0 aliphatic heterocycles. The van der Waals surface area contributed by atoms with Gasteiger partial charge < -0.3 is 4.74 Å². The molecule has 11 heavy (non-hydrogen) atoms. The monoisotopic (exact) mass is 147 g/mol. The summed E-state index contributed by atoms with van der Waals surface area (Å²) in [4.78, 5) is 3.97. The van der Waals surface area contributed by atoms with Crippen LogP contribution in [0.4, 0.5) is 0 Å². The van der Waals surface area contributed by atoms with Gasteiger partial charge in [0.1, 0.15) is 0 Å². The number of terminal acetylenes is 1. The number of rotatable bonds is 2. The van der Waals surface area contributed by atoms with Crippen LogP contribution in [0.15, 0.2) is 18.3 Å². The van der Waals surface area contributed by atoms with Crippen molar-refractivity contribution in [3.05, 3.63) is 23.9 Å². The van der Waals surface area contributed by atoms with E-state index in [9.17, 15) is 0 Å². The van der Waals surface area contributed by atoms with Crippen LogP contribution < -0.4 is 4.74 Å². The number of pyridine rings is 1. The van der Waals surface area contributed by atoms with Gasteiger partial charge in [-0.25, -0.2) is 4.98 Å². The standard InChI is InChI=1S/C9H9NO/c1-3-8-5-6-9(10-7-8)11-4-2/h1,5-7H,4H2,2H3. The molecule has 0 fully saturated rings. The summed E-state index contributed by atoms with van der Waals surface area (Å²) in [5, 5.41) is 0. The molecule has 0 atom stereocenters. The normalized spacial score (nSPS) is 8.73. The molecule has 0 N–H and O–H groups in total. The molecule has 1 heterocycles. The Hall–Kier alpha value is -1.49. The van der Waals surface area contributed by atoms with Crippen molar-refractivity contribution in [2.24, 2.45) is 0 Å². The van der Waals surface area contributed by atoms with Gasteiger partial charge in [-0.3, -0.25) is 0 Å². The average molecular weight is 147 g/mol. The lowest BCUT2D eigenvalue weighted by atomic mass is 10.3. The van der Waals surface area contributed by atoms with Crippen molar-refractivity contribution < 1.29 is 4.74 Å². The van der Waals surface area contributed by atoms with Crippen LogP contribution in [0.2, 0.25) is 0 Å². The molecule has 0 aliphatic carbocycles. The maximum atomic E-state index is 5.14. The van der Waals surface area contributed by atoms with E-state index in [1.165, 1.54) is 0 Å². The minimum absolute atomic E-state index is 0.617. The van der Waals surface area contributed by atoms with Gasteiger partial charge >= 0.3 is 0 Å². The Balaban J connectivity index is 2.76. The van der Waals surface area contributed by atoms with Crippen molar-refractivity contribution in [3.63, 3.8) is 0 Å². The predicted octanol–water partition coefficient (Wildman–Crippen LogP) is 1.46. The van der Waals surface area contributed by atoms with E-state index in [0.29, 0.717) is 12.5 Å².